The third-order valence-electron chi connectivity index (χ3n) is 4.42. The van der Waals surface area contributed by atoms with E-state index in [-0.39, 0.29) is 32.1 Å². The molecule has 0 saturated heterocycles. The van der Waals surface area contributed by atoms with Crippen molar-refractivity contribution in [2.75, 3.05) is 0 Å². The average Bonchev–Trinajstić information content (AvgIpc) is 3.22. The number of rotatable bonds is 4. The quantitative estimate of drug-likeness (QED) is 0.714. The van der Waals surface area contributed by atoms with E-state index >= 15 is 0 Å². The molecule has 9 heteroatoms. The molecule has 0 unspecified atom stereocenters. The summed E-state index contributed by atoms with van der Waals surface area (Å²) in [5, 5.41) is 4.22. The van der Waals surface area contributed by atoms with E-state index in [1.165, 1.54) is 48.5 Å². The molecule has 0 aliphatic carbocycles. The van der Waals surface area contributed by atoms with Gasteiger partial charge in [0, 0.05) is 12.2 Å². The van der Waals surface area contributed by atoms with Crippen LogP contribution < -0.4 is 10.6 Å². The van der Waals surface area contributed by atoms with Gasteiger partial charge in [0.05, 0.1) is 20.9 Å². The van der Waals surface area contributed by atoms with Crippen molar-refractivity contribution in [1.29, 1.82) is 0 Å². The maximum Gasteiger partial charge on any atom is 0.258 e. The molecule has 2 aliphatic heterocycles. The number of sulfone groups is 1. The number of carbonyl (C=O) groups is 4. The van der Waals surface area contributed by atoms with E-state index in [9.17, 15) is 27.6 Å². The molecular weight excluding hydrogens is 396 g/mol. The normalized spacial score (nSPS) is 16.4. The van der Waals surface area contributed by atoms with Gasteiger partial charge in [0.15, 0.2) is 0 Å². The van der Waals surface area contributed by atoms with Gasteiger partial charge in [-0.15, -0.1) is 0 Å². The van der Waals surface area contributed by atoms with Crippen molar-refractivity contribution in [3.63, 3.8) is 0 Å². The minimum absolute atomic E-state index is 0.0760. The molecule has 0 radical (unpaired) electrons. The summed E-state index contributed by atoms with van der Waals surface area (Å²) in [7, 11) is -3.99. The van der Waals surface area contributed by atoms with Gasteiger partial charge < -0.3 is 0 Å². The number of imide groups is 2. The number of carbonyl (C=O) groups excluding carboxylic acids is 4. The third kappa shape index (κ3) is 3.27. The van der Waals surface area contributed by atoms with Crippen molar-refractivity contribution in [3.8, 4) is 0 Å². The molecule has 0 atom stereocenters. The Morgan fingerprint density at radius 1 is 0.621 bits per heavy atom. The lowest BCUT2D eigenvalue weighted by atomic mass is 10.1. The predicted octanol–water partition coefficient (Wildman–Crippen LogP) is 0.599. The largest absolute Gasteiger partial charge is 0.289 e. The van der Waals surface area contributed by atoms with Crippen molar-refractivity contribution in [2.45, 2.75) is 9.79 Å². The van der Waals surface area contributed by atoms with Crippen LogP contribution in [0.2, 0.25) is 0 Å². The SMILES string of the molecule is O=C1C=C(c2cccc(S(=O)(=O)c3cccc(C4=CC(=O)NC4=O)c3)c2)C(=O)N1. The van der Waals surface area contributed by atoms with E-state index in [1.54, 1.807) is 0 Å². The average molecular weight is 408 g/mol. The third-order valence-corrected chi connectivity index (χ3v) is 6.17. The summed E-state index contributed by atoms with van der Waals surface area (Å²) < 4.78 is 26.2. The van der Waals surface area contributed by atoms with Crippen LogP contribution in [0.15, 0.2) is 70.5 Å². The molecule has 2 N–H and O–H groups in total. The number of benzene rings is 2. The van der Waals surface area contributed by atoms with Crippen LogP contribution in [0.25, 0.3) is 11.1 Å². The van der Waals surface area contributed by atoms with Crippen LogP contribution in [0.1, 0.15) is 11.1 Å². The molecule has 2 aliphatic rings. The van der Waals surface area contributed by atoms with Crippen molar-refractivity contribution < 1.29 is 27.6 Å². The molecule has 0 fully saturated rings. The zero-order chi connectivity index (χ0) is 20.8. The summed E-state index contributed by atoms with van der Waals surface area (Å²) in [5.41, 5.74) is 0.724. The summed E-state index contributed by atoms with van der Waals surface area (Å²) >= 11 is 0. The predicted molar refractivity (Wildman–Crippen MR) is 101 cm³/mol. The van der Waals surface area contributed by atoms with Gasteiger partial charge in [0.25, 0.3) is 23.6 Å². The van der Waals surface area contributed by atoms with Gasteiger partial charge in [-0.1, -0.05) is 24.3 Å². The first-order chi connectivity index (χ1) is 13.8. The van der Waals surface area contributed by atoms with Crippen LogP contribution in [-0.2, 0) is 29.0 Å². The molecule has 0 aromatic heterocycles. The molecule has 144 valence electrons. The topological polar surface area (TPSA) is 126 Å². The van der Waals surface area contributed by atoms with Crippen LogP contribution in [0.3, 0.4) is 0 Å². The molecule has 0 bridgehead atoms. The van der Waals surface area contributed by atoms with E-state index in [2.05, 4.69) is 10.6 Å². The van der Waals surface area contributed by atoms with Gasteiger partial charge in [0.2, 0.25) is 9.84 Å². The van der Waals surface area contributed by atoms with Crippen molar-refractivity contribution >= 4 is 44.6 Å². The highest BCUT2D eigenvalue weighted by Crippen LogP contribution is 2.28. The second-order valence-corrected chi connectivity index (χ2v) is 8.26. The first-order valence-corrected chi connectivity index (χ1v) is 9.84. The number of amides is 4. The molecule has 29 heavy (non-hydrogen) atoms. The molecule has 8 nitrogen and oxygen atoms in total. The Hall–Kier alpha value is -3.85. The van der Waals surface area contributed by atoms with Gasteiger partial charge in [-0.2, -0.15) is 0 Å². The van der Waals surface area contributed by atoms with Gasteiger partial charge >= 0.3 is 0 Å². The standard InChI is InChI=1S/C20H12N2O6S/c23-17-9-15(19(25)21-17)11-3-1-5-13(7-11)29(27,28)14-6-2-4-12(8-14)16-10-18(24)22-20(16)26/h1-10H,(H,21,23,25)(H,22,24,26). The molecule has 2 heterocycles. The highest BCUT2D eigenvalue weighted by molar-refractivity contribution is 7.91. The second kappa shape index (κ2) is 6.64. The van der Waals surface area contributed by atoms with Crippen molar-refractivity contribution in [2.24, 2.45) is 0 Å². The fourth-order valence-corrected chi connectivity index (χ4v) is 4.40. The van der Waals surface area contributed by atoms with Crippen LogP contribution in [0.4, 0.5) is 0 Å². The van der Waals surface area contributed by atoms with E-state index < -0.39 is 33.5 Å². The van der Waals surface area contributed by atoms with Gasteiger partial charge in [0.1, 0.15) is 0 Å². The second-order valence-electron chi connectivity index (χ2n) is 6.31. The number of hydrogen-bond donors (Lipinski definition) is 2. The Morgan fingerprint density at radius 2 is 1.03 bits per heavy atom. The summed E-state index contributed by atoms with van der Waals surface area (Å²) in [4.78, 5) is 46.3. The smallest absolute Gasteiger partial charge is 0.258 e. The monoisotopic (exact) mass is 408 g/mol. The minimum Gasteiger partial charge on any atom is -0.289 e. The summed E-state index contributed by atoms with van der Waals surface area (Å²) in [6.45, 7) is 0. The van der Waals surface area contributed by atoms with Crippen molar-refractivity contribution in [3.05, 3.63) is 71.8 Å². The van der Waals surface area contributed by atoms with Crippen molar-refractivity contribution in [1.82, 2.24) is 10.6 Å². The molecule has 0 saturated carbocycles. The van der Waals surface area contributed by atoms with E-state index in [0.29, 0.717) is 0 Å². The van der Waals surface area contributed by atoms with Crippen LogP contribution in [-0.4, -0.2) is 32.0 Å². The first-order valence-electron chi connectivity index (χ1n) is 8.36. The highest BCUT2D eigenvalue weighted by atomic mass is 32.2. The maximum absolute atomic E-state index is 13.1. The summed E-state index contributed by atoms with van der Waals surface area (Å²) in [5.74, 6) is -2.34. The Kier molecular flexibility index (Phi) is 4.24. The fourth-order valence-electron chi connectivity index (χ4n) is 3.05. The lowest BCUT2D eigenvalue weighted by molar-refractivity contribution is -0.124. The highest BCUT2D eigenvalue weighted by Gasteiger charge is 2.26. The van der Waals surface area contributed by atoms with Crippen LogP contribution >= 0.6 is 0 Å². The number of hydrogen-bond acceptors (Lipinski definition) is 6. The molecule has 2 aromatic rings. The molecular formula is C20H12N2O6S. The fraction of sp³-hybridized carbons (Fsp3) is 0. The summed E-state index contributed by atoms with van der Waals surface area (Å²) in [6.07, 6.45) is 2.22. The first kappa shape index (κ1) is 18.5. The zero-order valence-corrected chi connectivity index (χ0v) is 15.4. The molecule has 0 spiro atoms. The Morgan fingerprint density at radius 3 is 1.38 bits per heavy atom. The Bertz CT molecular complexity index is 1190. The van der Waals surface area contributed by atoms with Crippen LogP contribution in [0.5, 0.6) is 0 Å². The maximum atomic E-state index is 13.1. The molecule has 4 amide bonds. The van der Waals surface area contributed by atoms with Crippen LogP contribution in [0, 0.1) is 0 Å². The molecule has 4 rings (SSSR count). The van der Waals surface area contributed by atoms with Gasteiger partial charge in [-0.05, 0) is 35.4 Å². The Labute approximate surface area is 164 Å². The van der Waals surface area contributed by atoms with E-state index in [1.807, 2.05) is 0 Å². The lowest BCUT2D eigenvalue weighted by Crippen LogP contribution is -2.21. The van der Waals surface area contributed by atoms with E-state index in [0.717, 1.165) is 12.2 Å². The van der Waals surface area contributed by atoms with Gasteiger partial charge in [-0.3, -0.25) is 29.8 Å². The lowest BCUT2D eigenvalue weighted by Gasteiger charge is -2.09. The Balaban J connectivity index is 1.75. The number of nitrogens with one attached hydrogen (secondary N) is 2. The molecule has 2 aromatic carbocycles. The van der Waals surface area contributed by atoms with E-state index in [4.69, 9.17) is 0 Å². The minimum atomic E-state index is -3.99. The summed E-state index contributed by atoms with van der Waals surface area (Å²) in [6, 6.07) is 11.3. The van der Waals surface area contributed by atoms with Gasteiger partial charge in [-0.25, -0.2) is 8.42 Å². The zero-order valence-electron chi connectivity index (χ0n) is 14.6.